The van der Waals surface area contributed by atoms with Crippen molar-refractivity contribution in [2.24, 2.45) is 5.92 Å². The number of benzene rings is 2. The van der Waals surface area contributed by atoms with E-state index in [1.54, 1.807) is 12.1 Å². The Balaban J connectivity index is 1.78. The average Bonchev–Trinajstić information content (AvgIpc) is 2.92. The smallest absolute Gasteiger partial charge is 0.277 e. The van der Waals surface area contributed by atoms with E-state index in [0.29, 0.717) is 36.5 Å². The molecule has 2 aromatic rings. The van der Waals surface area contributed by atoms with Crippen molar-refractivity contribution in [3.63, 3.8) is 0 Å². The minimum absolute atomic E-state index is 0.170. The van der Waals surface area contributed by atoms with E-state index in [9.17, 15) is 14.0 Å². The van der Waals surface area contributed by atoms with Crippen LogP contribution in [0.4, 0.5) is 4.39 Å². The molecule has 0 radical (unpaired) electrons. The largest absolute Gasteiger partial charge is 0.362 e. The van der Waals surface area contributed by atoms with Crippen molar-refractivity contribution in [2.75, 3.05) is 13.1 Å². The van der Waals surface area contributed by atoms with Crippen molar-refractivity contribution in [1.82, 2.24) is 9.80 Å². The number of amides is 2. The van der Waals surface area contributed by atoms with Gasteiger partial charge in [-0.15, -0.1) is 0 Å². The third-order valence-corrected chi connectivity index (χ3v) is 5.27. The van der Waals surface area contributed by atoms with E-state index < -0.39 is 0 Å². The molecule has 2 aliphatic heterocycles. The first-order chi connectivity index (χ1) is 13.5. The molecule has 2 aliphatic rings. The van der Waals surface area contributed by atoms with Crippen LogP contribution in [0, 0.1) is 11.7 Å². The third-order valence-electron chi connectivity index (χ3n) is 5.27. The van der Waals surface area contributed by atoms with Crippen LogP contribution in [-0.2, 0) is 22.6 Å². The van der Waals surface area contributed by atoms with E-state index in [-0.39, 0.29) is 23.5 Å². The number of hydrogen-bond acceptors (Lipinski definition) is 3. The molecule has 0 atom stereocenters. The molecule has 2 amide bonds. The van der Waals surface area contributed by atoms with E-state index >= 15 is 0 Å². The molecule has 0 aliphatic carbocycles. The van der Waals surface area contributed by atoms with Crippen molar-refractivity contribution in [1.29, 1.82) is 0 Å². The summed E-state index contributed by atoms with van der Waals surface area (Å²) in [6.45, 7) is 5.59. The van der Waals surface area contributed by atoms with Gasteiger partial charge >= 0.3 is 0 Å². The molecule has 2 aromatic carbocycles. The van der Waals surface area contributed by atoms with Gasteiger partial charge in [0.05, 0.1) is 5.57 Å². The standard InChI is InChI=1S/C23H23FN2O2/c1-15(2)13-26-22(27)20(17-7-9-19(24)10-8-17)21(23(26)28)25-12-11-16-5-3-4-6-18(16)14-25/h3-10,15H,11-14H2,1-2H3. The van der Waals surface area contributed by atoms with Crippen molar-refractivity contribution in [3.8, 4) is 0 Å². The maximum Gasteiger partial charge on any atom is 0.277 e. The monoisotopic (exact) mass is 378 g/mol. The Bertz CT molecular complexity index is 963. The van der Waals surface area contributed by atoms with Gasteiger partial charge in [-0.2, -0.15) is 0 Å². The summed E-state index contributed by atoms with van der Waals surface area (Å²) in [5, 5.41) is 0. The van der Waals surface area contributed by atoms with E-state index in [2.05, 4.69) is 12.1 Å². The molecule has 0 aromatic heterocycles. The van der Waals surface area contributed by atoms with Gasteiger partial charge < -0.3 is 4.90 Å². The van der Waals surface area contributed by atoms with E-state index in [1.165, 1.54) is 28.2 Å². The fourth-order valence-corrected chi connectivity index (χ4v) is 3.95. The Labute approximate surface area is 164 Å². The van der Waals surface area contributed by atoms with Crippen LogP contribution in [0.15, 0.2) is 54.2 Å². The Morgan fingerprint density at radius 1 is 0.964 bits per heavy atom. The summed E-state index contributed by atoms with van der Waals surface area (Å²) in [6.07, 6.45) is 0.821. The minimum Gasteiger partial charge on any atom is -0.362 e. The molecule has 2 heterocycles. The predicted molar refractivity (Wildman–Crippen MR) is 105 cm³/mol. The molecule has 0 saturated heterocycles. The molecular formula is C23H23FN2O2. The molecule has 144 valence electrons. The minimum atomic E-state index is -0.367. The summed E-state index contributed by atoms with van der Waals surface area (Å²) in [6, 6.07) is 14.0. The highest BCUT2D eigenvalue weighted by atomic mass is 19.1. The van der Waals surface area contributed by atoms with E-state index in [0.717, 1.165) is 6.42 Å². The second kappa shape index (κ2) is 7.23. The van der Waals surface area contributed by atoms with Gasteiger partial charge in [0.15, 0.2) is 0 Å². The highest BCUT2D eigenvalue weighted by molar-refractivity contribution is 6.35. The number of rotatable bonds is 4. The number of carbonyl (C=O) groups excluding carboxylic acids is 2. The predicted octanol–water partition coefficient (Wildman–Crippen LogP) is 3.62. The van der Waals surface area contributed by atoms with Crippen molar-refractivity contribution in [2.45, 2.75) is 26.8 Å². The molecule has 0 unspecified atom stereocenters. The lowest BCUT2D eigenvalue weighted by atomic mass is 9.98. The van der Waals surface area contributed by atoms with Crippen LogP contribution in [0.2, 0.25) is 0 Å². The summed E-state index contributed by atoms with van der Waals surface area (Å²) in [5.74, 6) is -0.742. The number of hydrogen-bond donors (Lipinski definition) is 0. The number of fused-ring (bicyclic) bond motifs is 1. The fraction of sp³-hybridized carbons (Fsp3) is 0.304. The van der Waals surface area contributed by atoms with Gasteiger partial charge in [0.1, 0.15) is 11.5 Å². The highest BCUT2D eigenvalue weighted by Gasteiger charge is 2.42. The first-order valence-electron chi connectivity index (χ1n) is 9.64. The van der Waals surface area contributed by atoms with Gasteiger partial charge in [-0.25, -0.2) is 4.39 Å². The van der Waals surface area contributed by atoms with Gasteiger partial charge in [-0.1, -0.05) is 50.2 Å². The van der Waals surface area contributed by atoms with Crippen molar-refractivity contribution in [3.05, 3.63) is 76.7 Å². The zero-order valence-electron chi connectivity index (χ0n) is 16.1. The number of imide groups is 1. The Morgan fingerprint density at radius 3 is 2.32 bits per heavy atom. The Morgan fingerprint density at radius 2 is 1.64 bits per heavy atom. The molecular weight excluding hydrogens is 355 g/mol. The van der Waals surface area contributed by atoms with Crippen LogP contribution >= 0.6 is 0 Å². The van der Waals surface area contributed by atoms with Gasteiger partial charge in [0, 0.05) is 19.6 Å². The molecule has 28 heavy (non-hydrogen) atoms. The summed E-state index contributed by atoms with van der Waals surface area (Å²) < 4.78 is 13.4. The normalized spacial score (nSPS) is 17.0. The van der Waals surface area contributed by atoms with E-state index in [1.807, 2.05) is 30.9 Å². The van der Waals surface area contributed by atoms with Gasteiger partial charge in [0.25, 0.3) is 11.8 Å². The molecule has 4 nitrogen and oxygen atoms in total. The Hall–Kier alpha value is -2.95. The van der Waals surface area contributed by atoms with Crippen LogP contribution in [0.25, 0.3) is 5.57 Å². The molecule has 0 saturated carbocycles. The number of nitrogens with zero attached hydrogens (tertiary/aromatic N) is 2. The molecule has 0 fully saturated rings. The first-order valence-corrected chi connectivity index (χ1v) is 9.64. The number of halogens is 1. The first kappa shape index (κ1) is 18.4. The van der Waals surface area contributed by atoms with E-state index in [4.69, 9.17) is 0 Å². The molecule has 0 bridgehead atoms. The van der Waals surface area contributed by atoms with Crippen LogP contribution in [0.3, 0.4) is 0 Å². The summed E-state index contributed by atoms with van der Waals surface area (Å²) in [4.78, 5) is 29.7. The Kier molecular flexibility index (Phi) is 4.75. The van der Waals surface area contributed by atoms with Crippen LogP contribution in [0.5, 0.6) is 0 Å². The lowest BCUT2D eigenvalue weighted by molar-refractivity contribution is -0.138. The maximum absolute atomic E-state index is 13.4. The van der Waals surface area contributed by atoms with Gasteiger partial charge in [-0.3, -0.25) is 14.5 Å². The van der Waals surface area contributed by atoms with Crippen LogP contribution < -0.4 is 0 Å². The van der Waals surface area contributed by atoms with Gasteiger partial charge in [-0.05, 0) is 41.2 Å². The fourth-order valence-electron chi connectivity index (χ4n) is 3.95. The summed E-state index contributed by atoms with van der Waals surface area (Å²) in [5.41, 5.74) is 3.84. The molecule has 0 N–H and O–H groups in total. The zero-order chi connectivity index (χ0) is 19.8. The quantitative estimate of drug-likeness (QED) is 0.763. The van der Waals surface area contributed by atoms with Crippen molar-refractivity contribution < 1.29 is 14.0 Å². The molecule has 5 heteroatoms. The van der Waals surface area contributed by atoms with Gasteiger partial charge in [0.2, 0.25) is 0 Å². The lowest BCUT2D eigenvalue weighted by Crippen LogP contribution is -2.38. The second-order valence-corrected chi connectivity index (χ2v) is 7.79. The summed E-state index contributed by atoms with van der Waals surface area (Å²) in [7, 11) is 0. The molecule has 0 spiro atoms. The van der Waals surface area contributed by atoms with Crippen molar-refractivity contribution >= 4 is 17.4 Å². The highest BCUT2D eigenvalue weighted by Crippen LogP contribution is 2.34. The second-order valence-electron chi connectivity index (χ2n) is 7.79. The van der Waals surface area contributed by atoms with Crippen LogP contribution in [-0.4, -0.2) is 34.7 Å². The number of carbonyl (C=O) groups is 2. The lowest BCUT2D eigenvalue weighted by Gasteiger charge is -2.31. The third kappa shape index (κ3) is 3.21. The maximum atomic E-state index is 13.4. The molecule has 4 rings (SSSR count). The summed E-state index contributed by atoms with van der Waals surface area (Å²) >= 11 is 0. The SMILES string of the molecule is CC(C)CN1C(=O)C(c2ccc(F)cc2)=C(N2CCc3ccccc3C2)C1=O. The topological polar surface area (TPSA) is 40.6 Å². The average molecular weight is 378 g/mol. The van der Waals surface area contributed by atoms with Crippen LogP contribution in [0.1, 0.15) is 30.5 Å². The zero-order valence-corrected chi connectivity index (χ0v) is 16.1.